The van der Waals surface area contributed by atoms with Crippen molar-refractivity contribution >= 4 is 23.4 Å². The van der Waals surface area contributed by atoms with Gasteiger partial charge in [0.05, 0.1) is 0 Å². The Bertz CT molecular complexity index is 572. The Morgan fingerprint density at radius 3 is 2.78 bits per heavy atom. The van der Waals surface area contributed by atoms with Crippen molar-refractivity contribution in [3.63, 3.8) is 0 Å². The highest BCUT2D eigenvalue weighted by Gasteiger charge is 2.06. The van der Waals surface area contributed by atoms with E-state index >= 15 is 0 Å². The van der Waals surface area contributed by atoms with Crippen LogP contribution in [-0.2, 0) is 0 Å². The maximum absolute atomic E-state index is 11.5. The lowest BCUT2D eigenvalue weighted by molar-refractivity contribution is 0.0958. The predicted molar refractivity (Wildman–Crippen MR) is 72.6 cm³/mol. The number of aromatic nitrogens is 1. The molecule has 0 aliphatic rings. The molecule has 0 aliphatic carbocycles. The minimum absolute atomic E-state index is 0.190. The number of carbonyl (C=O) groups excluding carboxylic acids is 1. The van der Waals surface area contributed by atoms with Gasteiger partial charge < -0.3 is 11.1 Å². The maximum atomic E-state index is 11.5. The van der Waals surface area contributed by atoms with Gasteiger partial charge in [-0.3, -0.25) is 9.78 Å². The van der Waals surface area contributed by atoms with Crippen molar-refractivity contribution in [1.29, 1.82) is 0 Å². The van der Waals surface area contributed by atoms with Crippen LogP contribution in [0.3, 0.4) is 0 Å². The number of pyridine rings is 1. The topological polar surface area (TPSA) is 68.0 Å². The third kappa shape index (κ3) is 3.01. The Morgan fingerprint density at radius 2 is 2.06 bits per heavy atom. The van der Waals surface area contributed by atoms with Gasteiger partial charge in [0.25, 0.3) is 5.91 Å². The van der Waals surface area contributed by atoms with E-state index in [1.165, 1.54) is 0 Å². The lowest BCUT2D eigenvalue weighted by atomic mass is 10.3. The first kappa shape index (κ1) is 12.4. The van der Waals surface area contributed by atoms with Crippen LogP contribution in [0.1, 0.15) is 10.5 Å². The van der Waals surface area contributed by atoms with E-state index in [0.29, 0.717) is 5.69 Å². The Balaban J connectivity index is 2.22. The van der Waals surface area contributed by atoms with Gasteiger partial charge in [0, 0.05) is 28.7 Å². The summed E-state index contributed by atoms with van der Waals surface area (Å²) in [5.41, 5.74) is 6.85. The zero-order valence-electron chi connectivity index (χ0n) is 9.88. The first-order valence-electron chi connectivity index (χ1n) is 5.40. The van der Waals surface area contributed by atoms with Gasteiger partial charge in [-0.1, -0.05) is 17.8 Å². The van der Waals surface area contributed by atoms with Gasteiger partial charge >= 0.3 is 0 Å². The summed E-state index contributed by atoms with van der Waals surface area (Å²) in [4.78, 5) is 17.5. The SMILES string of the molecule is CNC(=O)c1cc(Sc2cccc(N)c2)ccn1. The quantitative estimate of drug-likeness (QED) is 0.829. The molecule has 0 radical (unpaired) electrons. The molecule has 3 N–H and O–H groups in total. The van der Waals surface area contributed by atoms with Crippen LogP contribution in [0.4, 0.5) is 5.69 Å². The summed E-state index contributed by atoms with van der Waals surface area (Å²) in [6.07, 6.45) is 1.62. The summed E-state index contributed by atoms with van der Waals surface area (Å²) >= 11 is 1.54. The molecule has 92 valence electrons. The number of nitrogens with one attached hydrogen (secondary N) is 1. The second-order valence-electron chi connectivity index (χ2n) is 3.63. The molecule has 4 nitrogen and oxygen atoms in total. The van der Waals surface area contributed by atoms with Gasteiger partial charge in [-0.25, -0.2) is 0 Å². The molecule has 2 aromatic rings. The third-order valence-electron chi connectivity index (χ3n) is 2.28. The molecule has 0 spiro atoms. The zero-order chi connectivity index (χ0) is 13.0. The van der Waals surface area contributed by atoms with Gasteiger partial charge in [0.1, 0.15) is 5.69 Å². The number of benzene rings is 1. The van der Waals surface area contributed by atoms with Gasteiger partial charge in [0.15, 0.2) is 0 Å². The zero-order valence-corrected chi connectivity index (χ0v) is 10.7. The molecule has 1 aromatic carbocycles. The van der Waals surface area contributed by atoms with Crippen LogP contribution in [0.2, 0.25) is 0 Å². The number of amides is 1. The Hall–Kier alpha value is -2.01. The van der Waals surface area contributed by atoms with E-state index in [1.807, 2.05) is 30.3 Å². The van der Waals surface area contributed by atoms with Crippen molar-refractivity contribution in [3.05, 3.63) is 48.3 Å². The lowest BCUT2D eigenvalue weighted by Crippen LogP contribution is -2.18. The number of hydrogen-bond donors (Lipinski definition) is 2. The van der Waals surface area contributed by atoms with Crippen molar-refractivity contribution in [1.82, 2.24) is 10.3 Å². The molecule has 0 bridgehead atoms. The van der Waals surface area contributed by atoms with Crippen LogP contribution in [-0.4, -0.2) is 17.9 Å². The van der Waals surface area contributed by atoms with Gasteiger partial charge in [-0.15, -0.1) is 0 Å². The summed E-state index contributed by atoms with van der Waals surface area (Å²) in [7, 11) is 1.59. The van der Waals surface area contributed by atoms with E-state index in [1.54, 1.807) is 31.1 Å². The van der Waals surface area contributed by atoms with Crippen molar-refractivity contribution < 1.29 is 4.79 Å². The average molecular weight is 259 g/mol. The molecule has 1 aromatic heterocycles. The number of nitrogens with two attached hydrogens (primary N) is 1. The van der Waals surface area contributed by atoms with Crippen molar-refractivity contribution in [2.24, 2.45) is 0 Å². The molecule has 0 unspecified atom stereocenters. The van der Waals surface area contributed by atoms with Gasteiger partial charge in [-0.05, 0) is 30.3 Å². The molecule has 0 aliphatic heterocycles. The fourth-order valence-corrected chi connectivity index (χ4v) is 2.35. The number of nitrogen functional groups attached to an aromatic ring is 1. The average Bonchev–Trinajstić information content (AvgIpc) is 2.38. The van der Waals surface area contributed by atoms with Gasteiger partial charge in [-0.2, -0.15) is 0 Å². The molecule has 0 saturated heterocycles. The van der Waals surface area contributed by atoms with Crippen LogP contribution in [0.5, 0.6) is 0 Å². The predicted octanol–water partition coefficient (Wildman–Crippen LogP) is 2.17. The van der Waals surface area contributed by atoms with E-state index < -0.39 is 0 Å². The van der Waals surface area contributed by atoms with Gasteiger partial charge in [0.2, 0.25) is 0 Å². The second-order valence-corrected chi connectivity index (χ2v) is 4.78. The third-order valence-corrected chi connectivity index (χ3v) is 3.26. The van der Waals surface area contributed by atoms with Crippen molar-refractivity contribution in [2.75, 3.05) is 12.8 Å². The molecule has 2 rings (SSSR count). The summed E-state index contributed by atoms with van der Waals surface area (Å²) in [5, 5.41) is 2.55. The summed E-state index contributed by atoms with van der Waals surface area (Å²) in [5.74, 6) is -0.190. The minimum Gasteiger partial charge on any atom is -0.399 e. The normalized spacial score (nSPS) is 10.1. The molecule has 1 heterocycles. The van der Waals surface area contributed by atoms with Crippen LogP contribution in [0.25, 0.3) is 0 Å². The van der Waals surface area contributed by atoms with Crippen LogP contribution < -0.4 is 11.1 Å². The standard InChI is InChI=1S/C13H13N3OS/c1-15-13(17)12-8-11(5-6-16-12)18-10-4-2-3-9(14)7-10/h2-8H,14H2,1H3,(H,15,17). The molecule has 18 heavy (non-hydrogen) atoms. The Kier molecular flexibility index (Phi) is 3.84. The fourth-order valence-electron chi connectivity index (χ4n) is 1.44. The molecular weight excluding hydrogens is 246 g/mol. The number of anilines is 1. The highest BCUT2D eigenvalue weighted by atomic mass is 32.2. The van der Waals surface area contributed by atoms with E-state index in [-0.39, 0.29) is 5.91 Å². The summed E-state index contributed by atoms with van der Waals surface area (Å²) in [6.45, 7) is 0. The monoisotopic (exact) mass is 259 g/mol. The summed E-state index contributed by atoms with van der Waals surface area (Å²) in [6, 6.07) is 11.2. The van der Waals surface area contributed by atoms with E-state index in [0.717, 1.165) is 15.5 Å². The number of carbonyl (C=O) groups is 1. The van der Waals surface area contributed by atoms with Crippen molar-refractivity contribution in [2.45, 2.75) is 9.79 Å². The van der Waals surface area contributed by atoms with E-state index in [9.17, 15) is 4.79 Å². The molecule has 5 heteroatoms. The summed E-state index contributed by atoms with van der Waals surface area (Å²) < 4.78 is 0. The highest BCUT2D eigenvalue weighted by Crippen LogP contribution is 2.28. The number of nitrogens with zero attached hydrogens (tertiary/aromatic N) is 1. The number of rotatable bonds is 3. The molecular formula is C13H13N3OS. The maximum Gasteiger partial charge on any atom is 0.269 e. The molecule has 1 amide bonds. The van der Waals surface area contributed by atoms with Crippen LogP contribution >= 0.6 is 11.8 Å². The van der Waals surface area contributed by atoms with E-state index in [4.69, 9.17) is 5.73 Å². The van der Waals surface area contributed by atoms with Crippen LogP contribution in [0.15, 0.2) is 52.4 Å². The lowest BCUT2D eigenvalue weighted by Gasteiger charge is -2.04. The highest BCUT2D eigenvalue weighted by molar-refractivity contribution is 7.99. The minimum atomic E-state index is -0.190. The molecule has 0 fully saturated rings. The molecule has 0 saturated carbocycles. The first-order valence-corrected chi connectivity index (χ1v) is 6.22. The first-order chi connectivity index (χ1) is 8.69. The Morgan fingerprint density at radius 1 is 1.28 bits per heavy atom. The van der Waals surface area contributed by atoms with E-state index in [2.05, 4.69) is 10.3 Å². The van der Waals surface area contributed by atoms with Crippen molar-refractivity contribution in [3.8, 4) is 0 Å². The fraction of sp³-hybridized carbons (Fsp3) is 0.0769. The largest absolute Gasteiger partial charge is 0.399 e. The second kappa shape index (κ2) is 5.55. The Labute approximate surface area is 110 Å². The molecule has 0 atom stereocenters. The number of hydrogen-bond acceptors (Lipinski definition) is 4. The smallest absolute Gasteiger partial charge is 0.269 e. The van der Waals surface area contributed by atoms with Crippen LogP contribution in [0, 0.1) is 0 Å².